The number of halogens is 2. The van der Waals surface area contributed by atoms with E-state index in [4.69, 9.17) is 11.6 Å². The molecular formula is C15H20BrClN2O. The molecular weight excluding hydrogens is 340 g/mol. The third-order valence-corrected chi connectivity index (χ3v) is 4.81. The van der Waals surface area contributed by atoms with E-state index in [2.05, 4.69) is 21.2 Å². The summed E-state index contributed by atoms with van der Waals surface area (Å²) in [7, 11) is 1.96. The zero-order chi connectivity index (χ0) is 14.5. The Hall–Kier alpha value is -0.580. The van der Waals surface area contributed by atoms with Crippen LogP contribution in [0.3, 0.4) is 0 Å². The van der Waals surface area contributed by atoms with E-state index in [0.29, 0.717) is 17.5 Å². The van der Waals surface area contributed by atoms with Crippen LogP contribution in [0.15, 0.2) is 22.7 Å². The van der Waals surface area contributed by atoms with E-state index < -0.39 is 0 Å². The van der Waals surface area contributed by atoms with Crippen molar-refractivity contribution in [3.05, 3.63) is 33.3 Å². The van der Waals surface area contributed by atoms with Crippen LogP contribution in [0.5, 0.6) is 0 Å². The lowest BCUT2D eigenvalue weighted by Crippen LogP contribution is -2.47. The molecule has 1 amide bonds. The molecule has 1 aliphatic heterocycles. The van der Waals surface area contributed by atoms with Crippen LogP contribution in [-0.2, 0) is 11.2 Å². The molecule has 0 radical (unpaired) electrons. The number of nitrogens with zero attached hydrogens (tertiary/aromatic N) is 1. The van der Waals surface area contributed by atoms with Crippen LogP contribution in [0, 0.1) is 0 Å². The van der Waals surface area contributed by atoms with Crippen LogP contribution in [0.2, 0.25) is 5.02 Å². The summed E-state index contributed by atoms with van der Waals surface area (Å²) in [4.78, 5) is 14.3. The largest absolute Gasteiger partial charge is 0.341 e. The molecule has 1 fully saturated rings. The molecule has 1 aromatic carbocycles. The van der Waals surface area contributed by atoms with Crippen molar-refractivity contribution in [2.24, 2.45) is 0 Å². The van der Waals surface area contributed by atoms with Gasteiger partial charge in [0, 0.05) is 35.0 Å². The van der Waals surface area contributed by atoms with Crippen LogP contribution < -0.4 is 5.32 Å². The van der Waals surface area contributed by atoms with Crippen molar-refractivity contribution in [2.45, 2.75) is 31.7 Å². The van der Waals surface area contributed by atoms with Crippen molar-refractivity contribution in [1.29, 1.82) is 0 Å². The van der Waals surface area contributed by atoms with Crippen LogP contribution in [0.1, 0.15) is 24.8 Å². The van der Waals surface area contributed by atoms with E-state index in [1.54, 1.807) is 0 Å². The molecule has 2 rings (SSSR count). The van der Waals surface area contributed by atoms with Gasteiger partial charge in [-0.2, -0.15) is 0 Å². The summed E-state index contributed by atoms with van der Waals surface area (Å²) >= 11 is 9.50. The van der Waals surface area contributed by atoms with Gasteiger partial charge >= 0.3 is 0 Å². The number of benzene rings is 1. The molecule has 20 heavy (non-hydrogen) atoms. The van der Waals surface area contributed by atoms with Crippen molar-refractivity contribution in [2.75, 3.05) is 20.1 Å². The van der Waals surface area contributed by atoms with Gasteiger partial charge in [0.15, 0.2) is 0 Å². The monoisotopic (exact) mass is 358 g/mol. The minimum atomic E-state index is 0.233. The van der Waals surface area contributed by atoms with Crippen LogP contribution in [-0.4, -0.2) is 37.0 Å². The fraction of sp³-hybridized carbons (Fsp3) is 0.533. The fourth-order valence-corrected chi connectivity index (χ4v) is 3.21. The van der Waals surface area contributed by atoms with E-state index in [1.165, 1.54) is 0 Å². The van der Waals surface area contributed by atoms with Gasteiger partial charge in [-0.1, -0.05) is 27.5 Å². The number of likely N-dealkylation sites (N-methyl/N-ethyl adjacent to an activating group) is 1. The molecule has 1 N–H and O–H groups in total. The number of aryl methyl sites for hydroxylation is 1. The normalized spacial score (nSPS) is 19.1. The van der Waals surface area contributed by atoms with Gasteiger partial charge in [0.1, 0.15) is 0 Å². The number of nitrogens with one attached hydrogen (secondary N) is 1. The third kappa shape index (κ3) is 4.21. The first-order valence-corrected chi connectivity index (χ1v) is 8.16. The first-order chi connectivity index (χ1) is 9.60. The summed E-state index contributed by atoms with van der Waals surface area (Å²) in [5, 5.41) is 3.97. The maximum absolute atomic E-state index is 12.3. The van der Waals surface area contributed by atoms with Gasteiger partial charge in [0.25, 0.3) is 0 Å². The molecule has 1 aliphatic rings. The number of amides is 1. The number of piperidine rings is 1. The lowest BCUT2D eigenvalue weighted by atomic mass is 10.0. The molecule has 0 bridgehead atoms. The summed E-state index contributed by atoms with van der Waals surface area (Å²) in [6.45, 7) is 1.71. The van der Waals surface area contributed by atoms with Crippen molar-refractivity contribution >= 4 is 33.4 Å². The van der Waals surface area contributed by atoms with Gasteiger partial charge in [-0.15, -0.1) is 0 Å². The highest BCUT2D eigenvalue weighted by molar-refractivity contribution is 9.10. The van der Waals surface area contributed by atoms with Crippen molar-refractivity contribution < 1.29 is 4.79 Å². The molecule has 1 saturated heterocycles. The summed E-state index contributed by atoms with van der Waals surface area (Å²) in [5.41, 5.74) is 1.09. The number of carbonyl (C=O) groups is 1. The average molecular weight is 360 g/mol. The molecule has 110 valence electrons. The number of rotatable bonds is 4. The Morgan fingerprint density at radius 2 is 2.35 bits per heavy atom. The fourth-order valence-electron chi connectivity index (χ4n) is 2.57. The maximum Gasteiger partial charge on any atom is 0.222 e. The summed E-state index contributed by atoms with van der Waals surface area (Å²) in [6, 6.07) is 6.13. The predicted molar refractivity (Wildman–Crippen MR) is 86.1 cm³/mol. The Labute approximate surface area is 133 Å². The molecule has 1 atom stereocenters. The lowest BCUT2D eigenvalue weighted by molar-refractivity contribution is -0.132. The number of carbonyl (C=O) groups excluding carboxylic acids is 1. The average Bonchev–Trinajstić information content (AvgIpc) is 2.48. The second-order valence-electron chi connectivity index (χ2n) is 5.20. The number of likely N-dealkylation sites (tertiary alicyclic amines) is 1. The smallest absolute Gasteiger partial charge is 0.222 e. The molecule has 0 saturated carbocycles. The van der Waals surface area contributed by atoms with E-state index >= 15 is 0 Å². The Bertz CT molecular complexity index is 481. The molecule has 1 heterocycles. The summed E-state index contributed by atoms with van der Waals surface area (Å²) in [5.74, 6) is 0.233. The number of hydrogen-bond donors (Lipinski definition) is 1. The topological polar surface area (TPSA) is 32.3 Å². The van der Waals surface area contributed by atoms with Crippen molar-refractivity contribution in [3.8, 4) is 0 Å². The lowest BCUT2D eigenvalue weighted by Gasteiger charge is -2.32. The standard InChI is InChI=1S/C15H20BrClN2O/c1-18-13-3-2-8-19(10-13)15(20)7-4-11-9-12(17)5-6-14(11)16/h5-6,9,13,18H,2-4,7-8,10H2,1H3. The zero-order valence-corrected chi connectivity index (χ0v) is 14.0. The van der Waals surface area contributed by atoms with Gasteiger partial charge < -0.3 is 10.2 Å². The SMILES string of the molecule is CNC1CCCN(C(=O)CCc2cc(Cl)ccc2Br)C1. The van der Waals surface area contributed by atoms with Crippen LogP contribution in [0.4, 0.5) is 0 Å². The second-order valence-corrected chi connectivity index (χ2v) is 6.49. The molecule has 5 heteroatoms. The van der Waals surface area contributed by atoms with Crippen LogP contribution in [0.25, 0.3) is 0 Å². The molecule has 3 nitrogen and oxygen atoms in total. The Morgan fingerprint density at radius 3 is 3.10 bits per heavy atom. The van der Waals surface area contributed by atoms with E-state index in [0.717, 1.165) is 42.4 Å². The Balaban J connectivity index is 1.90. The Kier molecular flexibility index (Phi) is 5.87. The molecule has 1 aromatic rings. The van der Waals surface area contributed by atoms with E-state index in [9.17, 15) is 4.79 Å². The predicted octanol–water partition coefficient (Wildman–Crippen LogP) is 3.25. The van der Waals surface area contributed by atoms with Gasteiger partial charge in [-0.25, -0.2) is 0 Å². The van der Waals surface area contributed by atoms with Gasteiger partial charge in [0.05, 0.1) is 0 Å². The van der Waals surface area contributed by atoms with Crippen molar-refractivity contribution in [3.63, 3.8) is 0 Å². The molecule has 0 aliphatic carbocycles. The zero-order valence-electron chi connectivity index (χ0n) is 11.7. The minimum Gasteiger partial charge on any atom is -0.341 e. The summed E-state index contributed by atoms with van der Waals surface area (Å²) < 4.78 is 1.02. The highest BCUT2D eigenvalue weighted by Gasteiger charge is 2.22. The van der Waals surface area contributed by atoms with E-state index in [-0.39, 0.29) is 5.91 Å². The second kappa shape index (κ2) is 7.43. The molecule has 0 spiro atoms. The highest BCUT2D eigenvalue weighted by Crippen LogP contribution is 2.23. The number of hydrogen-bond acceptors (Lipinski definition) is 2. The maximum atomic E-state index is 12.3. The first-order valence-electron chi connectivity index (χ1n) is 6.99. The van der Waals surface area contributed by atoms with Crippen LogP contribution >= 0.6 is 27.5 Å². The van der Waals surface area contributed by atoms with Gasteiger partial charge in [-0.05, 0) is 50.1 Å². The summed E-state index contributed by atoms with van der Waals surface area (Å²) in [6.07, 6.45) is 3.49. The molecule has 0 aromatic heterocycles. The quantitative estimate of drug-likeness (QED) is 0.895. The van der Waals surface area contributed by atoms with Gasteiger partial charge in [-0.3, -0.25) is 4.79 Å². The van der Waals surface area contributed by atoms with E-state index in [1.807, 2.05) is 30.1 Å². The third-order valence-electron chi connectivity index (χ3n) is 3.80. The first kappa shape index (κ1) is 15.8. The molecule has 1 unspecified atom stereocenters. The van der Waals surface area contributed by atoms with Crippen molar-refractivity contribution in [1.82, 2.24) is 10.2 Å². The highest BCUT2D eigenvalue weighted by atomic mass is 79.9. The minimum absolute atomic E-state index is 0.233. The Morgan fingerprint density at radius 1 is 1.55 bits per heavy atom. The van der Waals surface area contributed by atoms with Gasteiger partial charge in [0.2, 0.25) is 5.91 Å².